The number of methoxy groups -OCH3 is 1. The molecule has 2 rings (SSSR count). The topological polar surface area (TPSA) is 68.4 Å². The van der Waals surface area contributed by atoms with E-state index >= 15 is 0 Å². The monoisotopic (exact) mass is 264 g/mol. The fraction of sp³-hybridized carbons (Fsp3) is 0.308. The van der Waals surface area contributed by atoms with Crippen molar-refractivity contribution in [2.75, 3.05) is 13.7 Å². The lowest BCUT2D eigenvalue weighted by Crippen LogP contribution is -2.19. The highest BCUT2D eigenvalue weighted by molar-refractivity contribution is 7.09. The third-order valence-corrected chi connectivity index (χ3v) is 3.77. The molecule has 0 fully saturated rings. The third kappa shape index (κ3) is 2.69. The maximum atomic E-state index is 10.3. The zero-order valence-electron chi connectivity index (χ0n) is 10.1. The van der Waals surface area contributed by atoms with Crippen molar-refractivity contribution < 1.29 is 9.84 Å². The van der Waals surface area contributed by atoms with Crippen LogP contribution in [0.4, 0.5) is 0 Å². The summed E-state index contributed by atoms with van der Waals surface area (Å²) in [7, 11) is 1.63. The van der Waals surface area contributed by atoms with E-state index in [1.807, 2.05) is 24.3 Å². The van der Waals surface area contributed by atoms with Crippen LogP contribution >= 0.6 is 11.3 Å². The number of aromatic nitrogens is 1. The van der Waals surface area contributed by atoms with Crippen LogP contribution in [-0.4, -0.2) is 23.7 Å². The highest BCUT2D eigenvalue weighted by atomic mass is 32.1. The highest BCUT2D eigenvalue weighted by Gasteiger charge is 2.22. The van der Waals surface area contributed by atoms with Crippen molar-refractivity contribution in [2.24, 2.45) is 5.73 Å². The van der Waals surface area contributed by atoms with Gasteiger partial charge in [0.15, 0.2) is 0 Å². The number of aliphatic hydroxyl groups is 1. The standard InChI is InChI=1S/C13H16N2O2S/c1-17-10-4-2-9(3-5-10)11(6-14)13(16)12-7-15-8-18-12/h2-5,7-8,11,13,16H,6,14H2,1H3. The van der Waals surface area contributed by atoms with Crippen molar-refractivity contribution in [3.8, 4) is 5.75 Å². The number of benzene rings is 1. The van der Waals surface area contributed by atoms with Crippen LogP contribution in [0.15, 0.2) is 36.0 Å². The molecule has 1 heterocycles. The number of rotatable bonds is 5. The summed E-state index contributed by atoms with van der Waals surface area (Å²) in [5.41, 5.74) is 8.48. The lowest BCUT2D eigenvalue weighted by molar-refractivity contribution is 0.151. The zero-order valence-corrected chi connectivity index (χ0v) is 10.9. The van der Waals surface area contributed by atoms with Crippen LogP contribution < -0.4 is 10.5 Å². The largest absolute Gasteiger partial charge is 0.497 e. The Labute approximate surface area is 110 Å². The molecule has 0 radical (unpaired) electrons. The maximum Gasteiger partial charge on any atom is 0.118 e. The van der Waals surface area contributed by atoms with Gasteiger partial charge in [0, 0.05) is 18.7 Å². The molecule has 96 valence electrons. The number of hydrogen-bond donors (Lipinski definition) is 2. The Bertz CT molecular complexity index is 470. The summed E-state index contributed by atoms with van der Waals surface area (Å²) in [6.45, 7) is 0.380. The summed E-state index contributed by atoms with van der Waals surface area (Å²) in [5.74, 6) is 0.665. The molecule has 0 aliphatic rings. The Hall–Kier alpha value is -1.43. The van der Waals surface area contributed by atoms with Gasteiger partial charge in [-0.1, -0.05) is 12.1 Å². The van der Waals surface area contributed by atoms with Gasteiger partial charge in [-0.25, -0.2) is 0 Å². The van der Waals surface area contributed by atoms with Gasteiger partial charge in [0.1, 0.15) is 5.75 Å². The summed E-state index contributed by atoms with van der Waals surface area (Å²) >= 11 is 1.44. The van der Waals surface area contributed by atoms with Crippen molar-refractivity contribution in [3.05, 3.63) is 46.4 Å². The Morgan fingerprint density at radius 2 is 2.11 bits per heavy atom. The van der Waals surface area contributed by atoms with E-state index < -0.39 is 6.10 Å². The normalized spacial score (nSPS) is 14.2. The number of nitrogens with two attached hydrogens (primary N) is 1. The van der Waals surface area contributed by atoms with E-state index in [2.05, 4.69) is 4.98 Å². The molecule has 2 atom stereocenters. The van der Waals surface area contributed by atoms with Crippen molar-refractivity contribution in [1.29, 1.82) is 0 Å². The smallest absolute Gasteiger partial charge is 0.118 e. The second-order valence-electron chi connectivity index (χ2n) is 3.96. The van der Waals surface area contributed by atoms with Crippen molar-refractivity contribution >= 4 is 11.3 Å². The Kier molecular flexibility index (Phi) is 4.30. The first-order valence-electron chi connectivity index (χ1n) is 5.66. The van der Waals surface area contributed by atoms with E-state index in [1.54, 1.807) is 18.8 Å². The molecular weight excluding hydrogens is 248 g/mol. The van der Waals surface area contributed by atoms with E-state index in [0.717, 1.165) is 16.2 Å². The lowest BCUT2D eigenvalue weighted by atomic mass is 9.93. The second kappa shape index (κ2) is 5.95. The first kappa shape index (κ1) is 13.0. The SMILES string of the molecule is COc1ccc(C(CN)C(O)c2cncs2)cc1. The third-order valence-electron chi connectivity index (χ3n) is 2.92. The van der Waals surface area contributed by atoms with Crippen LogP contribution in [0.3, 0.4) is 0 Å². The first-order chi connectivity index (χ1) is 8.76. The fourth-order valence-electron chi connectivity index (χ4n) is 1.87. The fourth-order valence-corrected chi connectivity index (χ4v) is 2.54. The first-order valence-corrected chi connectivity index (χ1v) is 6.54. The molecule has 3 N–H and O–H groups in total. The average molecular weight is 264 g/mol. The number of aliphatic hydroxyl groups excluding tert-OH is 1. The Morgan fingerprint density at radius 1 is 1.39 bits per heavy atom. The predicted octanol–water partition coefficient (Wildman–Crippen LogP) is 1.93. The van der Waals surface area contributed by atoms with Crippen LogP contribution in [0.25, 0.3) is 0 Å². The molecule has 0 spiro atoms. The molecular formula is C13H16N2O2S. The lowest BCUT2D eigenvalue weighted by Gasteiger charge is -2.20. The van der Waals surface area contributed by atoms with Crippen LogP contribution in [0, 0.1) is 0 Å². The van der Waals surface area contributed by atoms with E-state index in [-0.39, 0.29) is 5.92 Å². The minimum absolute atomic E-state index is 0.128. The van der Waals surface area contributed by atoms with Crippen LogP contribution in [0.1, 0.15) is 22.5 Å². The van der Waals surface area contributed by atoms with Gasteiger partial charge in [0.25, 0.3) is 0 Å². The van der Waals surface area contributed by atoms with Crippen molar-refractivity contribution in [3.63, 3.8) is 0 Å². The number of ether oxygens (including phenoxy) is 1. The van der Waals surface area contributed by atoms with Gasteiger partial charge >= 0.3 is 0 Å². The molecule has 2 unspecified atom stereocenters. The Balaban J connectivity index is 2.21. The number of thiazole rings is 1. The summed E-state index contributed by atoms with van der Waals surface area (Å²) < 4.78 is 5.11. The molecule has 0 saturated heterocycles. The molecule has 18 heavy (non-hydrogen) atoms. The second-order valence-corrected chi connectivity index (χ2v) is 4.88. The van der Waals surface area contributed by atoms with Gasteiger partial charge in [0.05, 0.1) is 23.6 Å². The summed E-state index contributed by atoms with van der Waals surface area (Å²) in [5, 5.41) is 10.3. The van der Waals surface area contributed by atoms with Crippen molar-refractivity contribution in [2.45, 2.75) is 12.0 Å². The van der Waals surface area contributed by atoms with Gasteiger partial charge in [-0.15, -0.1) is 11.3 Å². The Morgan fingerprint density at radius 3 is 2.61 bits per heavy atom. The molecule has 0 aliphatic carbocycles. The summed E-state index contributed by atoms with van der Waals surface area (Å²) in [6, 6.07) is 7.61. The number of hydrogen-bond acceptors (Lipinski definition) is 5. The van der Waals surface area contributed by atoms with Gasteiger partial charge in [-0.2, -0.15) is 0 Å². The minimum atomic E-state index is -0.615. The average Bonchev–Trinajstić information content (AvgIpc) is 2.94. The molecule has 0 amide bonds. The molecule has 0 aliphatic heterocycles. The van der Waals surface area contributed by atoms with Gasteiger partial charge in [-0.05, 0) is 17.7 Å². The molecule has 1 aromatic heterocycles. The quantitative estimate of drug-likeness (QED) is 0.866. The van der Waals surface area contributed by atoms with E-state index in [1.165, 1.54) is 11.3 Å². The number of nitrogens with zero attached hydrogens (tertiary/aromatic N) is 1. The molecule has 0 bridgehead atoms. The van der Waals surface area contributed by atoms with Crippen LogP contribution in [0.5, 0.6) is 5.75 Å². The van der Waals surface area contributed by atoms with Crippen LogP contribution in [-0.2, 0) is 0 Å². The minimum Gasteiger partial charge on any atom is -0.497 e. The van der Waals surface area contributed by atoms with Gasteiger partial charge < -0.3 is 15.6 Å². The van der Waals surface area contributed by atoms with E-state index in [9.17, 15) is 5.11 Å². The molecule has 1 aromatic carbocycles. The van der Waals surface area contributed by atoms with Gasteiger partial charge in [-0.3, -0.25) is 4.98 Å². The summed E-state index contributed by atoms with van der Waals surface area (Å²) in [6.07, 6.45) is 1.07. The van der Waals surface area contributed by atoms with E-state index in [0.29, 0.717) is 6.54 Å². The predicted molar refractivity (Wildman–Crippen MR) is 71.9 cm³/mol. The van der Waals surface area contributed by atoms with Crippen LogP contribution in [0.2, 0.25) is 0 Å². The highest BCUT2D eigenvalue weighted by Crippen LogP contribution is 2.32. The molecule has 2 aromatic rings. The van der Waals surface area contributed by atoms with Gasteiger partial charge in [0.2, 0.25) is 0 Å². The maximum absolute atomic E-state index is 10.3. The molecule has 5 heteroatoms. The summed E-state index contributed by atoms with van der Waals surface area (Å²) in [4.78, 5) is 4.81. The van der Waals surface area contributed by atoms with E-state index in [4.69, 9.17) is 10.5 Å². The molecule has 0 saturated carbocycles. The van der Waals surface area contributed by atoms with Crippen molar-refractivity contribution in [1.82, 2.24) is 4.98 Å². The zero-order chi connectivity index (χ0) is 13.0. The molecule has 4 nitrogen and oxygen atoms in total.